The number of aliphatic carboxylic acids is 1. The lowest BCUT2D eigenvalue weighted by atomic mass is 9.86. The number of fused-ring (bicyclic) bond motifs is 1. The summed E-state index contributed by atoms with van der Waals surface area (Å²) in [5.74, 6) is -1.41. The second kappa shape index (κ2) is 7.40. The van der Waals surface area contributed by atoms with E-state index in [1.165, 1.54) is 0 Å². The molecule has 26 heavy (non-hydrogen) atoms. The third kappa shape index (κ3) is 3.45. The predicted molar refractivity (Wildman–Crippen MR) is 102 cm³/mol. The third-order valence-electron chi connectivity index (χ3n) is 4.77. The maximum Gasteiger partial charge on any atom is 0.329 e. The lowest BCUT2D eigenvalue weighted by Crippen LogP contribution is -2.55. The first-order valence-corrected chi connectivity index (χ1v) is 8.63. The number of hydrogen-bond acceptors (Lipinski definition) is 2. The van der Waals surface area contributed by atoms with Crippen molar-refractivity contribution in [2.45, 2.75) is 25.3 Å². The Labute approximate surface area is 152 Å². The van der Waals surface area contributed by atoms with Crippen molar-refractivity contribution in [3.05, 3.63) is 83.9 Å². The number of hydrogen-bond donors (Lipinski definition) is 2. The monoisotopic (exact) mass is 347 g/mol. The van der Waals surface area contributed by atoms with E-state index in [-0.39, 0.29) is 18.7 Å². The summed E-state index contributed by atoms with van der Waals surface area (Å²) in [4.78, 5) is 24.7. The molecule has 0 heterocycles. The molecule has 0 saturated heterocycles. The van der Waals surface area contributed by atoms with Gasteiger partial charge in [0.05, 0.1) is 0 Å². The van der Waals surface area contributed by atoms with Crippen molar-refractivity contribution in [3.63, 3.8) is 0 Å². The number of amides is 1. The summed E-state index contributed by atoms with van der Waals surface area (Å²) in [5.41, 5.74) is -0.0120. The molecule has 2 N–H and O–H groups in total. The van der Waals surface area contributed by atoms with E-state index < -0.39 is 11.5 Å². The van der Waals surface area contributed by atoms with E-state index in [0.29, 0.717) is 5.56 Å². The van der Waals surface area contributed by atoms with Crippen molar-refractivity contribution in [1.82, 2.24) is 5.32 Å². The molecule has 3 aromatic carbocycles. The number of carbonyl (C=O) groups excluding carboxylic acids is 1. The fraction of sp³-hybridized carbons (Fsp3) is 0.182. The van der Waals surface area contributed by atoms with Gasteiger partial charge in [-0.3, -0.25) is 4.79 Å². The lowest BCUT2D eigenvalue weighted by molar-refractivity contribution is -0.144. The molecular formula is C22H21NO3. The van der Waals surface area contributed by atoms with E-state index in [1.807, 2.05) is 48.5 Å². The average Bonchev–Trinajstić information content (AvgIpc) is 2.68. The normalized spacial score (nSPS) is 13.1. The molecule has 0 aliphatic heterocycles. The highest BCUT2D eigenvalue weighted by atomic mass is 16.4. The summed E-state index contributed by atoms with van der Waals surface area (Å²) in [6, 6.07) is 22.4. The molecule has 0 saturated carbocycles. The molecule has 0 aliphatic carbocycles. The first-order chi connectivity index (χ1) is 12.6. The Hall–Kier alpha value is -3.14. The molecule has 0 fully saturated rings. The molecular weight excluding hydrogens is 326 g/mol. The van der Waals surface area contributed by atoms with Crippen molar-refractivity contribution < 1.29 is 14.7 Å². The average molecular weight is 347 g/mol. The highest BCUT2D eigenvalue weighted by Gasteiger charge is 2.39. The number of carbonyl (C=O) groups is 2. The second-order valence-corrected chi connectivity index (χ2v) is 6.38. The van der Waals surface area contributed by atoms with Gasteiger partial charge in [-0.1, -0.05) is 67.6 Å². The molecule has 0 aromatic heterocycles. The van der Waals surface area contributed by atoms with Crippen LogP contribution in [0.5, 0.6) is 0 Å². The van der Waals surface area contributed by atoms with Gasteiger partial charge in [0.2, 0.25) is 0 Å². The summed E-state index contributed by atoms with van der Waals surface area (Å²) < 4.78 is 0. The van der Waals surface area contributed by atoms with E-state index in [0.717, 1.165) is 16.3 Å². The Kier molecular flexibility index (Phi) is 5.03. The van der Waals surface area contributed by atoms with Gasteiger partial charge in [-0.05, 0) is 34.9 Å². The van der Waals surface area contributed by atoms with Crippen molar-refractivity contribution in [1.29, 1.82) is 0 Å². The largest absolute Gasteiger partial charge is 0.479 e. The zero-order valence-electron chi connectivity index (χ0n) is 14.6. The van der Waals surface area contributed by atoms with Gasteiger partial charge in [-0.15, -0.1) is 0 Å². The smallest absolute Gasteiger partial charge is 0.329 e. The van der Waals surface area contributed by atoms with Gasteiger partial charge in [-0.2, -0.15) is 0 Å². The number of benzene rings is 3. The number of nitrogens with one attached hydrogen (secondary N) is 1. The number of carboxylic acid groups (broad SMARTS) is 1. The van der Waals surface area contributed by atoms with Gasteiger partial charge < -0.3 is 10.4 Å². The Morgan fingerprint density at radius 2 is 1.58 bits per heavy atom. The van der Waals surface area contributed by atoms with Crippen molar-refractivity contribution in [2.75, 3.05) is 0 Å². The fourth-order valence-electron chi connectivity index (χ4n) is 3.19. The minimum absolute atomic E-state index is 0.221. The van der Waals surface area contributed by atoms with E-state index in [4.69, 9.17) is 0 Å². The minimum atomic E-state index is -1.36. The number of rotatable bonds is 6. The van der Waals surface area contributed by atoms with Crippen LogP contribution >= 0.6 is 0 Å². The van der Waals surface area contributed by atoms with Crippen LogP contribution in [0.3, 0.4) is 0 Å². The highest BCUT2D eigenvalue weighted by Crippen LogP contribution is 2.25. The van der Waals surface area contributed by atoms with Crippen LogP contribution in [0.1, 0.15) is 29.3 Å². The van der Waals surface area contributed by atoms with Crippen LogP contribution in [-0.4, -0.2) is 22.5 Å². The lowest BCUT2D eigenvalue weighted by Gasteiger charge is -2.30. The van der Waals surface area contributed by atoms with Crippen LogP contribution in [0.15, 0.2) is 72.8 Å². The Balaban J connectivity index is 1.97. The summed E-state index contributed by atoms with van der Waals surface area (Å²) in [6.45, 7) is 1.78. The van der Waals surface area contributed by atoms with E-state index in [9.17, 15) is 14.7 Å². The standard InChI is InChI=1S/C22H21NO3/c1-2-22(21(25)26,23-20(24)17-10-4-3-5-11-17)15-18-13-8-12-16-9-6-7-14-19(16)18/h3-14H,2,15H2,1H3,(H,23,24)(H,25,26)/t22-/m0/s1. The van der Waals surface area contributed by atoms with Crippen LogP contribution in [0, 0.1) is 0 Å². The Morgan fingerprint density at radius 1 is 0.923 bits per heavy atom. The van der Waals surface area contributed by atoms with Crippen LogP contribution in [0.25, 0.3) is 10.8 Å². The number of carboxylic acids is 1. The molecule has 1 atom stereocenters. The second-order valence-electron chi connectivity index (χ2n) is 6.38. The maximum absolute atomic E-state index is 12.6. The first-order valence-electron chi connectivity index (χ1n) is 8.63. The van der Waals surface area contributed by atoms with Crippen LogP contribution in [-0.2, 0) is 11.2 Å². The van der Waals surface area contributed by atoms with Crippen molar-refractivity contribution in [2.24, 2.45) is 0 Å². The van der Waals surface area contributed by atoms with Gasteiger partial charge >= 0.3 is 5.97 Å². The van der Waals surface area contributed by atoms with E-state index in [2.05, 4.69) is 5.32 Å². The molecule has 0 spiro atoms. The van der Waals surface area contributed by atoms with Crippen LogP contribution < -0.4 is 5.32 Å². The molecule has 0 unspecified atom stereocenters. The zero-order valence-corrected chi connectivity index (χ0v) is 14.6. The molecule has 0 bridgehead atoms. The van der Waals surface area contributed by atoms with Crippen LogP contribution in [0.4, 0.5) is 0 Å². The molecule has 4 heteroatoms. The van der Waals surface area contributed by atoms with Crippen molar-refractivity contribution in [3.8, 4) is 0 Å². The van der Waals surface area contributed by atoms with E-state index >= 15 is 0 Å². The topological polar surface area (TPSA) is 66.4 Å². The van der Waals surface area contributed by atoms with Gasteiger partial charge in [0, 0.05) is 12.0 Å². The fourth-order valence-corrected chi connectivity index (χ4v) is 3.19. The first kappa shape index (κ1) is 17.7. The summed E-state index contributed by atoms with van der Waals surface area (Å²) in [5, 5.41) is 14.8. The Bertz CT molecular complexity index is 931. The maximum atomic E-state index is 12.6. The summed E-state index contributed by atoms with van der Waals surface area (Å²) in [6.07, 6.45) is 0.503. The van der Waals surface area contributed by atoms with Gasteiger partial charge in [0.1, 0.15) is 5.54 Å². The van der Waals surface area contributed by atoms with E-state index in [1.54, 1.807) is 31.2 Å². The molecule has 1 amide bonds. The minimum Gasteiger partial charge on any atom is -0.479 e. The SMILES string of the molecule is CC[C@@](Cc1cccc2ccccc12)(NC(=O)c1ccccc1)C(=O)O. The molecule has 3 aromatic rings. The highest BCUT2D eigenvalue weighted by molar-refractivity contribution is 5.98. The molecule has 132 valence electrons. The van der Waals surface area contributed by atoms with Gasteiger partial charge in [0.15, 0.2) is 0 Å². The predicted octanol–water partition coefficient (Wildman–Crippen LogP) is 4.05. The molecule has 3 rings (SSSR count). The summed E-state index contributed by atoms with van der Waals surface area (Å²) >= 11 is 0. The van der Waals surface area contributed by atoms with Crippen molar-refractivity contribution >= 4 is 22.6 Å². The third-order valence-corrected chi connectivity index (χ3v) is 4.77. The molecule has 0 radical (unpaired) electrons. The zero-order chi connectivity index (χ0) is 18.6. The Morgan fingerprint density at radius 3 is 2.27 bits per heavy atom. The molecule has 0 aliphatic rings. The van der Waals surface area contributed by atoms with Crippen LogP contribution in [0.2, 0.25) is 0 Å². The van der Waals surface area contributed by atoms with Gasteiger partial charge in [0.25, 0.3) is 5.91 Å². The molecule has 4 nitrogen and oxygen atoms in total. The van der Waals surface area contributed by atoms with Gasteiger partial charge in [-0.25, -0.2) is 4.79 Å². The summed E-state index contributed by atoms with van der Waals surface area (Å²) in [7, 11) is 0. The quantitative estimate of drug-likeness (QED) is 0.707.